The Labute approximate surface area is 98.2 Å². The van der Waals surface area contributed by atoms with Crippen molar-refractivity contribution in [2.75, 3.05) is 20.1 Å². The van der Waals surface area contributed by atoms with Gasteiger partial charge in [-0.25, -0.2) is 13.2 Å². The summed E-state index contributed by atoms with van der Waals surface area (Å²) >= 11 is 0. The van der Waals surface area contributed by atoms with Gasteiger partial charge in [-0.15, -0.1) is 0 Å². The molecule has 17 heavy (non-hydrogen) atoms. The lowest BCUT2D eigenvalue weighted by Gasteiger charge is -2.20. The van der Waals surface area contributed by atoms with Crippen molar-refractivity contribution in [2.24, 2.45) is 11.7 Å². The van der Waals surface area contributed by atoms with Crippen LogP contribution in [0.5, 0.6) is 0 Å². The van der Waals surface area contributed by atoms with Gasteiger partial charge in [0.25, 0.3) is 0 Å². The summed E-state index contributed by atoms with van der Waals surface area (Å²) in [5.41, 5.74) is 5.78. The van der Waals surface area contributed by atoms with Crippen molar-refractivity contribution in [3.63, 3.8) is 0 Å². The normalized spacial score (nSPS) is 25.5. The van der Waals surface area contributed by atoms with Gasteiger partial charge in [0.05, 0.1) is 0 Å². The summed E-state index contributed by atoms with van der Waals surface area (Å²) in [5.74, 6) is -2.58. The van der Waals surface area contributed by atoms with E-state index in [1.165, 1.54) is 0 Å². The minimum atomic E-state index is -1.15. The highest BCUT2D eigenvalue weighted by Gasteiger charge is 2.32. The smallest absolute Gasteiger partial charge is 0.161 e. The Morgan fingerprint density at radius 2 is 1.88 bits per heavy atom. The van der Waals surface area contributed by atoms with Crippen molar-refractivity contribution in [1.29, 1.82) is 0 Å². The van der Waals surface area contributed by atoms with Crippen LogP contribution in [0.15, 0.2) is 12.1 Å². The van der Waals surface area contributed by atoms with Gasteiger partial charge in [0.1, 0.15) is 5.82 Å². The van der Waals surface area contributed by atoms with E-state index in [0.29, 0.717) is 19.0 Å². The fraction of sp³-hybridized carbons (Fsp3) is 0.500. The first-order chi connectivity index (χ1) is 8.02. The molecule has 2 atom stereocenters. The molecule has 1 heterocycles. The molecule has 1 aromatic carbocycles. The van der Waals surface area contributed by atoms with Crippen molar-refractivity contribution in [1.82, 2.24) is 4.90 Å². The summed E-state index contributed by atoms with van der Waals surface area (Å²) in [6.07, 6.45) is 0.676. The van der Waals surface area contributed by atoms with Crippen LogP contribution < -0.4 is 5.73 Å². The fourth-order valence-corrected chi connectivity index (χ4v) is 2.43. The van der Waals surface area contributed by atoms with Gasteiger partial charge in [-0.05, 0) is 32.0 Å². The molecule has 0 aromatic heterocycles. The second-order valence-electron chi connectivity index (χ2n) is 4.58. The van der Waals surface area contributed by atoms with Crippen LogP contribution in [0, 0.1) is 23.4 Å². The van der Waals surface area contributed by atoms with Crippen LogP contribution in [-0.4, -0.2) is 25.0 Å². The predicted molar refractivity (Wildman–Crippen MR) is 58.8 cm³/mol. The molecule has 0 bridgehead atoms. The van der Waals surface area contributed by atoms with E-state index in [1.54, 1.807) is 0 Å². The van der Waals surface area contributed by atoms with Gasteiger partial charge in [0.15, 0.2) is 11.6 Å². The number of halogens is 3. The summed E-state index contributed by atoms with van der Waals surface area (Å²) in [7, 11) is 1.83. The third-order valence-electron chi connectivity index (χ3n) is 3.37. The van der Waals surface area contributed by atoms with E-state index in [-0.39, 0.29) is 17.5 Å². The average Bonchev–Trinajstić information content (AvgIpc) is 2.65. The predicted octanol–water partition coefficient (Wildman–Crippen LogP) is 2.06. The van der Waals surface area contributed by atoms with Crippen molar-refractivity contribution < 1.29 is 13.2 Å². The number of rotatable bonds is 2. The van der Waals surface area contributed by atoms with Gasteiger partial charge >= 0.3 is 0 Å². The second-order valence-corrected chi connectivity index (χ2v) is 4.58. The van der Waals surface area contributed by atoms with E-state index >= 15 is 0 Å². The van der Waals surface area contributed by atoms with Crippen LogP contribution in [0.2, 0.25) is 0 Å². The summed E-state index contributed by atoms with van der Waals surface area (Å²) < 4.78 is 39.6. The van der Waals surface area contributed by atoms with E-state index in [1.807, 2.05) is 11.9 Å². The lowest BCUT2D eigenvalue weighted by atomic mass is 9.99. The Kier molecular flexibility index (Phi) is 3.40. The lowest BCUT2D eigenvalue weighted by molar-refractivity contribution is 0.305. The minimum Gasteiger partial charge on any atom is -0.330 e. The zero-order valence-corrected chi connectivity index (χ0v) is 9.59. The molecule has 1 aliphatic rings. The van der Waals surface area contributed by atoms with Crippen molar-refractivity contribution in [3.8, 4) is 0 Å². The van der Waals surface area contributed by atoms with Crippen LogP contribution in [-0.2, 0) is 0 Å². The average molecular weight is 244 g/mol. The van der Waals surface area contributed by atoms with Gasteiger partial charge < -0.3 is 5.73 Å². The molecule has 94 valence electrons. The number of likely N-dealkylation sites (tertiary alicyclic amines) is 1. The lowest BCUT2D eigenvalue weighted by Crippen LogP contribution is -2.21. The summed E-state index contributed by atoms with van der Waals surface area (Å²) in [5, 5.41) is 0. The van der Waals surface area contributed by atoms with E-state index < -0.39 is 17.5 Å². The molecule has 2 N–H and O–H groups in total. The molecule has 1 aliphatic heterocycles. The molecule has 5 heteroatoms. The van der Waals surface area contributed by atoms with Crippen molar-refractivity contribution >= 4 is 0 Å². The molecule has 0 saturated carbocycles. The summed E-state index contributed by atoms with van der Waals surface area (Å²) in [6.45, 7) is 1.27. The number of nitrogens with two attached hydrogens (primary N) is 1. The summed E-state index contributed by atoms with van der Waals surface area (Å²) in [4.78, 5) is 1.92. The van der Waals surface area contributed by atoms with Gasteiger partial charge in [-0.2, -0.15) is 0 Å². The van der Waals surface area contributed by atoms with Crippen LogP contribution in [0.3, 0.4) is 0 Å². The Bertz CT molecular complexity index is 422. The molecule has 1 saturated heterocycles. The van der Waals surface area contributed by atoms with Gasteiger partial charge in [-0.1, -0.05) is 0 Å². The highest BCUT2D eigenvalue weighted by molar-refractivity contribution is 5.24. The molecule has 2 nitrogen and oxygen atoms in total. The maximum absolute atomic E-state index is 13.6. The third kappa shape index (κ3) is 2.30. The van der Waals surface area contributed by atoms with Gasteiger partial charge in [0, 0.05) is 24.2 Å². The van der Waals surface area contributed by atoms with E-state index in [4.69, 9.17) is 5.73 Å². The Morgan fingerprint density at radius 1 is 1.24 bits per heavy atom. The molecule has 0 spiro atoms. The largest absolute Gasteiger partial charge is 0.330 e. The Hall–Kier alpha value is -1.07. The SMILES string of the molecule is CN1CC(CN)CC1c1cc(F)c(F)cc1F. The fourth-order valence-electron chi connectivity index (χ4n) is 2.43. The van der Waals surface area contributed by atoms with E-state index in [9.17, 15) is 13.2 Å². The van der Waals surface area contributed by atoms with Crippen LogP contribution in [0.1, 0.15) is 18.0 Å². The minimum absolute atomic E-state index is 0.211. The molecular formula is C12H15F3N2. The Balaban J connectivity index is 2.31. The number of benzene rings is 1. The molecule has 2 unspecified atom stereocenters. The van der Waals surface area contributed by atoms with Crippen LogP contribution >= 0.6 is 0 Å². The highest BCUT2D eigenvalue weighted by Crippen LogP contribution is 2.35. The standard InChI is InChI=1S/C12H15F3N2/c1-17-6-7(5-16)2-12(17)8-3-10(14)11(15)4-9(8)13/h3-4,7,12H,2,5-6,16H2,1H3. The van der Waals surface area contributed by atoms with Crippen LogP contribution in [0.25, 0.3) is 0 Å². The van der Waals surface area contributed by atoms with E-state index in [2.05, 4.69) is 0 Å². The number of hydrogen-bond donors (Lipinski definition) is 1. The van der Waals surface area contributed by atoms with E-state index in [0.717, 1.165) is 12.6 Å². The number of nitrogens with zero attached hydrogens (tertiary/aromatic N) is 1. The summed E-state index contributed by atoms with van der Waals surface area (Å²) in [6, 6.07) is 1.33. The molecular weight excluding hydrogens is 229 g/mol. The quantitative estimate of drug-likeness (QED) is 0.807. The molecule has 1 aromatic rings. The Morgan fingerprint density at radius 3 is 2.47 bits per heavy atom. The maximum atomic E-state index is 13.6. The maximum Gasteiger partial charge on any atom is 0.161 e. The zero-order valence-electron chi connectivity index (χ0n) is 9.59. The molecule has 2 rings (SSSR count). The van der Waals surface area contributed by atoms with Crippen molar-refractivity contribution in [3.05, 3.63) is 35.1 Å². The van der Waals surface area contributed by atoms with Crippen LogP contribution in [0.4, 0.5) is 13.2 Å². The van der Waals surface area contributed by atoms with Gasteiger partial charge in [-0.3, -0.25) is 4.90 Å². The third-order valence-corrected chi connectivity index (χ3v) is 3.37. The molecule has 0 aliphatic carbocycles. The second kappa shape index (κ2) is 4.66. The zero-order chi connectivity index (χ0) is 12.6. The monoisotopic (exact) mass is 244 g/mol. The van der Waals surface area contributed by atoms with Gasteiger partial charge in [0.2, 0.25) is 0 Å². The topological polar surface area (TPSA) is 29.3 Å². The first-order valence-electron chi connectivity index (χ1n) is 5.57. The first-order valence-corrected chi connectivity index (χ1v) is 5.57. The molecule has 0 radical (unpaired) electrons. The molecule has 0 amide bonds. The number of hydrogen-bond acceptors (Lipinski definition) is 2. The highest BCUT2D eigenvalue weighted by atomic mass is 19.2. The van der Waals surface area contributed by atoms with Crippen molar-refractivity contribution in [2.45, 2.75) is 12.5 Å². The first kappa shape index (κ1) is 12.4. The molecule has 1 fully saturated rings.